The molecule has 98 valence electrons. The van der Waals surface area contributed by atoms with Crippen molar-refractivity contribution in [2.45, 2.75) is 24.5 Å². The van der Waals surface area contributed by atoms with E-state index in [1.807, 2.05) is 18.7 Å². The first-order chi connectivity index (χ1) is 8.58. The van der Waals surface area contributed by atoms with Crippen LogP contribution in [0.2, 0.25) is 0 Å². The van der Waals surface area contributed by atoms with Crippen LogP contribution in [0.1, 0.15) is 29.0 Å². The second kappa shape index (κ2) is 5.14. The highest BCUT2D eigenvalue weighted by Crippen LogP contribution is 2.46. The Labute approximate surface area is 111 Å². The fourth-order valence-corrected chi connectivity index (χ4v) is 2.45. The highest BCUT2D eigenvalue weighted by molar-refractivity contribution is 8.00. The van der Waals surface area contributed by atoms with Gasteiger partial charge in [-0.15, -0.1) is 0 Å². The van der Waals surface area contributed by atoms with Crippen LogP contribution < -0.4 is 10.6 Å². The van der Waals surface area contributed by atoms with Gasteiger partial charge in [-0.3, -0.25) is 4.79 Å². The Balaban J connectivity index is 2.02. The molecule has 0 spiro atoms. The van der Waals surface area contributed by atoms with E-state index in [-0.39, 0.29) is 10.7 Å². The maximum atomic E-state index is 12.0. The smallest absolute Gasteiger partial charge is 0.270 e. The number of nitrogens with one attached hydrogen (secondary N) is 2. The summed E-state index contributed by atoms with van der Waals surface area (Å²) in [6, 6.07) is 1.70. The summed E-state index contributed by atoms with van der Waals surface area (Å²) in [6.45, 7) is 2.56. The number of carbonyl (C=O) groups is 1. The first kappa shape index (κ1) is 13.1. The monoisotopic (exact) mass is 266 g/mol. The molecule has 0 saturated heterocycles. The quantitative estimate of drug-likeness (QED) is 0.844. The minimum atomic E-state index is -0.127. The number of carbonyl (C=O) groups excluding carboxylic acids is 1. The van der Waals surface area contributed by atoms with Gasteiger partial charge in [0.15, 0.2) is 0 Å². The molecule has 0 aromatic carbocycles. The first-order valence-electron chi connectivity index (χ1n) is 5.95. The minimum absolute atomic E-state index is 0.127. The van der Waals surface area contributed by atoms with Crippen LogP contribution in [0.5, 0.6) is 0 Å². The zero-order valence-electron chi connectivity index (χ0n) is 10.9. The molecule has 1 aromatic heterocycles. The van der Waals surface area contributed by atoms with Gasteiger partial charge in [0.2, 0.25) is 5.95 Å². The van der Waals surface area contributed by atoms with Crippen molar-refractivity contribution in [2.75, 3.05) is 25.2 Å². The molecular formula is C12H18N4OS. The Kier molecular flexibility index (Phi) is 3.75. The molecular weight excluding hydrogens is 248 g/mol. The molecule has 1 saturated carbocycles. The SMILES string of the molecule is CNc1nc(C)cc(C(=O)NCC2(SC)CC2)n1. The molecule has 2 N–H and O–H groups in total. The fraction of sp³-hybridized carbons (Fsp3) is 0.583. The molecule has 0 aliphatic heterocycles. The minimum Gasteiger partial charge on any atom is -0.357 e. The van der Waals surface area contributed by atoms with Crippen LogP contribution in [0.3, 0.4) is 0 Å². The molecule has 1 aromatic rings. The summed E-state index contributed by atoms with van der Waals surface area (Å²) in [4.78, 5) is 20.3. The Morgan fingerprint density at radius 1 is 1.50 bits per heavy atom. The van der Waals surface area contributed by atoms with Gasteiger partial charge in [-0.05, 0) is 32.1 Å². The van der Waals surface area contributed by atoms with Gasteiger partial charge in [-0.1, -0.05) is 0 Å². The average Bonchev–Trinajstić information content (AvgIpc) is 3.16. The summed E-state index contributed by atoms with van der Waals surface area (Å²) in [5, 5.41) is 5.81. The maximum Gasteiger partial charge on any atom is 0.270 e. The number of anilines is 1. The Hall–Kier alpha value is -1.30. The van der Waals surface area contributed by atoms with Crippen LogP contribution in [0.15, 0.2) is 6.07 Å². The molecule has 1 amide bonds. The highest BCUT2D eigenvalue weighted by atomic mass is 32.2. The molecule has 0 unspecified atom stereocenters. The Morgan fingerprint density at radius 3 is 2.78 bits per heavy atom. The van der Waals surface area contributed by atoms with Gasteiger partial charge in [-0.2, -0.15) is 11.8 Å². The summed E-state index contributed by atoms with van der Waals surface area (Å²) in [5.41, 5.74) is 1.20. The van der Waals surface area contributed by atoms with Gasteiger partial charge < -0.3 is 10.6 Å². The lowest BCUT2D eigenvalue weighted by molar-refractivity contribution is 0.0948. The third-order valence-electron chi connectivity index (χ3n) is 3.12. The maximum absolute atomic E-state index is 12.0. The Bertz CT molecular complexity index is 459. The average molecular weight is 266 g/mol. The molecule has 1 heterocycles. The number of thioether (sulfide) groups is 1. The molecule has 1 aliphatic carbocycles. The third kappa shape index (κ3) is 2.93. The van der Waals surface area contributed by atoms with E-state index in [9.17, 15) is 4.79 Å². The second-order valence-corrected chi connectivity index (χ2v) is 5.81. The summed E-state index contributed by atoms with van der Waals surface area (Å²) < 4.78 is 0.267. The van der Waals surface area contributed by atoms with Crippen molar-refractivity contribution in [2.24, 2.45) is 0 Å². The Morgan fingerprint density at radius 2 is 2.22 bits per heavy atom. The van der Waals surface area contributed by atoms with Crippen molar-refractivity contribution in [3.8, 4) is 0 Å². The predicted octanol–water partition coefficient (Wildman–Crippen LogP) is 1.45. The van der Waals surface area contributed by atoms with Crippen LogP contribution in [0, 0.1) is 6.92 Å². The van der Waals surface area contributed by atoms with Crippen LogP contribution in [0.4, 0.5) is 5.95 Å². The van der Waals surface area contributed by atoms with E-state index in [0.29, 0.717) is 18.2 Å². The van der Waals surface area contributed by atoms with Crippen molar-refractivity contribution >= 4 is 23.6 Å². The number of aryl methyl sites for hydroxylation is 1. The molecule has 2 rings (SSSR count). The molecule has 0 atom stereocenters. The molecule has 0 radical (unpaired) electrons. The number of amides is 1. The van der Waals surface area contributed by atoms with Gasteiger partial charge in [-0.25, -0.2) is 9.97 Å². The summed E-state index contributed by atoms with van der Waals surface area (Å²) >= 11 is 1.83. The lowest BCUT2D eigenvalue weighted by Crippen LogP contribution is -2.32. The van der Waals surface area contributed by atoms with Crippen LogP contribution in [-0.2, 0) is 0 Å². The second-order valence-electron chi connectivity index (χ2n) is 4.54. The van der Waals surface area contributed by atoms with Crippen molar-refractivity contribution in [3.63, 3.8) is 0 Å². The van der Waals surface area contributed by atoms with E-state index < -0.39 is 0 Å². The highest BCUT2D eigenvalue weighted by Gasteiger charge is 2.42. The largest absolute Gasteiger partial charge is 0.357 e. The van der Waals surface area contributed by atoms with Gasteiger partial charge in [0.05, 0.1) is 0 Å². The van der Waals surface area contributed by atoms with E-state index in [2.05, 4.69) is 26.9 Å². The van der Waals surface area contributed by atoms with Crippen LogP contribution in [-0.4, -0.2) is 40.5 Å². The van der Waals surface area contributed by atoms with E-state index in [1.165, 1.54) is 12.8 Å². The predicted molar refractivity (Wildman–Crippen MR) is 74.1 cm³/mol. The van der Waals surface area contributed by atoms with E-state index in [1.54, 1.807) is 13.1 Å². The molecule has 5 nitrogen and oxygen atoms in total. The summed E-state index contributed by atoms with van der Waals surface area (Å²) in [6.07, 6.45) is 4.45. The van der Waals surface area contributed by atoms with Gasteiger partial charge >= 0.3 is 0 Å². The van der Waals surface area contributed by atoms with Crippen molar-refractivity contribution < 1.29 is 4.79 Å². The topological polar surface area (TPSA) is 66.9 Å². The number of rotatable bonds is 5. The van der Waals surface area contributed by atoms with Crippen LogP contribution >= 0.6 is 11.8 Å². The van der Waals surface area contributed by atoms with E-state index in [4.69, 9.17) is 0 Å². The zero-order chi connectivity index (χ0) is 13.2. The third-order valence-corrected chi connectivity index (χ3v) is 4.54. The number of hydrogen-bond donors (Lipinski definition) is 2. The van der Waals surface area contributed by atoms with Gasteiger partial charge in [0.1, 0.15) is 5.69 Å². The lowest BCUT2D eigenvalue weighted by Gasteiger charge is -2.13. The number of aromatic nitrogens is 2. The van der Waals surface area contributed by atoms with E-state index >= 15 is 0 Å². The molecule has 1 aliphatic rings. The number of nitrogens with zero attached hydrogens (tertiary/aromatic N) is 2. The van der Waals surface area contributed by atoms with Crippen molar-refractivity contribution in [3.05, 3.63) is 17.5 Å². The summed E-state index contributed by atoms with van der Waals surface area (Å²) in [5.74, 6) is 0.350. The zero-order valence-corrected chi connectivity index (χ0v) is 11.7. The van der Waals surface area contributed by atoms with Gasteiger partial charge in [0, 0.05) is 24.0 Å². The first-order valence-corrected chi connectivity index (χ1v) is 7.18. The molecule has 18 heavy (non-hydrogen) atoms. The van der Waals surface area contributed by atoms with E-state index in [0.717, 1.165) is 5.69 Å². The fourth-order valence-electron chi connectivity index (χ4n) is 1.72. The molecule has 0 bridgehead atoms. The molecule has 6 heteroatoms. The number of hydrogen-bond acceptors (Lipinski definition) is 5. The van der Waals surface area contributed by atoms with Gasteiger partial charge in [0.25, 0.3) is 5.91 Å². The van der Waals surface area contributed by atoms with Crippen molar-refractivity contribution in [1.29, 1.82) is 0 Å². The lowest BCUT2D eigenvalue weighted by atomic mass is 10.3. The van der Waals surface area contributed by atoms with Crippen molar-refractivity contribution in [1.82, 2.24) is 15.3 Å². The normalized spacial score (nSPS) is 16.2. The summed E-state index contributed by atoms with van der Waals surface area (Å²) in [7, 11) is 1.74. The van der Waals surface area contributed by atoms with Crippen LogP contribution in [0.25, 0.3) is 0 Å². The standard InChI is InChI=1S/C12H18N4OS/c1-8-6-9(16-11(13-2)15-8)10(17)14-7-12(18-3)4-5-12/h6H,4-5,7H2,1-3H3,(H,14,17)(H,13,15,16). The molecule has 1 fully saturated rings.